The molecule has 2 aromatic heterocycles. The number of hydrogen-bond donors (Lipinski definition) is 1. The Balaban J connectivity index is 0.900. The molecule has 0 saturated carbocycles. The second kappa shape index (κ2) is 16.7. The van der Waals surface area contributed by atoms with Crippen molar-refractivity contribution in [3.63, 3.8) is 0 Å². The van der Waals surface area contributed by atoms with Gasteiger partial charge in [-0.1, -0.05) is 72.8 Å². The quantitative estimate of drug-likeness (QED) is 0.0890. The van der Waals surface area contributed by atoms with Crippen molar-refractivity contribution in [1.29, 1.82) is 0 Å². The third kappa shape index (κ3) is 7.87. The number of nitrogens with zero attached hydrogens (tertiary/aromatic N) is 2. The summed E-state index contributed by atoms with van der Waals surface area (Å²) in [5.41, 5.74) is 16.9. The van der Waals surface area contributed by atoms with Gasteiger partial charge in [0, 0.05) is 52.3 Å². The Kier molecular flexibility index (Phi) is 10.7. The summed E-state index contributed by atoms with van der Waals surface area (Å²) in [6.07, 6.45) is 0. The molecule has 0 aliphatic rings. The summed E-state index contributed by atoms with van der Waals surface area (Å²) >= 11 is 2.84. The predicted molar refractivity (Wildman–Crippen MR) is 257 cm³/mol. The van der Waals surface area contributed by atoms with E-state index in [4.69, 9.17) is 5.73 Å². The molecular formula is C54H35F6N3S2. The molecule has 65 heavy (non-hydrogen) atoms. The molecule has 0 radical (unpaired) electrons. The van der Waals surface area contributed by atoms with Gasteiger partial charge in [0.25, 0.3) is 0 Å². The fraction of sp³-hybridized carbons (Fsp3) is 0.0370. The summed E-state index contributed by atoms with van der Waals surface area (Å²) in [6, 6.07) is 45.8. The third-order valence-corrected chi connectivity index (χ3v) is 13.5. The lowest BCUT2D eigenvalue weighted by molar-refractivity contribution is 0.447. The number of hydrogen-bond acceptors (Lipinski definition) is 5. The van der Waals surface area contributed by atoms with E-state index in [-0.39, 0.29) is 11.4 Å². The fourth-order valence-electron chi connectivity index (χ4n) is 8.20. The second-order valence-electron chi connectivity index (χ2n) is 15.9. The topological polar surface area (TPSA) is 32.5 Å². The molecule has 3 nitrogen and oxygen atoms in total. The monoisotopic (exact) mass is 903 g/mol. The van der Waals surface area contributed by atoms with Crippen molar-refractivity contribution >= 4 is 82.7 Å². The minimum Gasteiger partial charge on any atom is -0.398 e. The molecule has 320 valence electrons. The highest BCUT2D eigenvalue weighted by atomic mass is 32.1. The van der Waals surface area contributed by atoms with Crippen molar-refractivity contribution < 1.29 is 26.3 Å². The Labute approximate surface area is 378 Å². The number of aryl methyl sites for hydroxylation is 2. The van der Waals surface area contributed by atoms with E-state index in [2.05, 4.69) is 42.5 Å². The molecule has 0 fully saturated rings. The van der Waals surface area contributed by atoms with Gasteiger partial charge < -0.3 is 15.5 Å². The zero-order valence-corrected chi connectivity index (χ0v) is 36.3. The summed E-state index contributed by atoms with van der Waals surface area (Å²) in [6.45, 7) is 3.87. The lowest BCUT2D eigenvalue weighted by Gasteiger charge is -2.24. The van der Waals surface area contributed by atoms with Crippen molar-refractivity contribution in [3.05, 3.63) is 208 Å². The van der Waals surface area contributed by atoms with E-state index in [1.165, 1.54) is 22.7 Å². The van der Waals surface area contributed by atoms with Gasteiger partial charge >= 0.3 is 0 Å². The summed E-state index contributed by atoms with van der Waals surface area (Å²) in [5.74, 6) is -8.05. The maximum atomic E-state index is 14.4. The molecule has 0 atom stereocenters. The molecule has 10 aromatic rings. The van der Waals surface area contributed by atoms with Crippen LogP contribution in [0.15, 0.2) is 162 Å². The van der Waals surface area contributed by atoms with Crippen LogP contribution in [0.1, 0.15) is 11.1 Å². The number of halogens is 6. The highest BCUT2D eigenvalue weighted by Crippen LogP contribution is 2.43. The highest BCUT2D eigenvalue weighted by Gasteiger charge is 2.21. The first-order chi connectivity index (χ1) is 31.4. The first kappa shape index (κ1) is 41.7. The smallest absolute Gasteiger partial charge is 0.194 e. The Bertz CT molecular complexity index is 3410. The summed E-state index contributed by atoms with van der Waals surface area (Å²) < 4.78 is 85.3. The molecule has 8 aromatic carbocycles. The SMILES string of the molecule is Cc1csc(N(c2ccc(-c3ccc4cc(-c5ccc6cc(-c7ccc(N(c8cc(F)c(F)c(F)c8)c8cc(C)cs8)cc7)ccc6c5N)ccc4c3)cc2)c2cc(F)c(F)c(F)c2)c1. The maximum absolute atomic E-state index is 14.4. The van der Waals surface area contributed by atoms with E-state index in [0.717, 1.165) is 100 Å². The number of benzene rings is 8. The fourth-order valence-corrected chi connectivity index (χ4v) is 10.1. The van der Waals surface area contributed by atoms with Crippen LogP contribution in [-0.2, 0) is 0 Å². The summed E-state index contributed by atoms with van der Waals surface area (Å²) in [5, 5.41) is 9.28. The van der Waals surface area contributed by atoms with E-state index in [9.17, 15) is 26.3 Å². The van der Waals surface area contributed by atoms with E-state index < -0.39 is 34.9 Å². The van der Waals surface area contributed by atoms with Gasteiger partial charge in [-0.05, 0) is 134 Å². The molecule has 0 unspecified atom stereocenters. The third-order valence-electron chi connectivity index (χ3n) is 11.5. The van der Waals surface area contributed by atoms with Gasteiger partial charge in [0.2, 0.25) is 0 Å². The molecular weight excluding hydrogens is 869 g/mol. The first-order valence-electron chi connectivity index (χ1n) is 20.5. The minimum absolute atomic E-state index is 0.172. The van der Waals surface area contributed by atoms with Crippen molar-refractivity contribution in [2.75, 3.05) is 15.5 Å². The summed E-state index contributed by atoms with van der Waals surface area (Å²) in [7, 11) is 0. The molecule has 2 heterocycles. The Morgan fingerprint density at radius 3 is 1.22 bits per heavy atom. The van der Waals surface area contributed by atoms with Crippen LogP contribution in [-0.4, -0.2) is 0 Å². The van der Waals surface area contributed by atoms with Gasteiger partial charge in [-0.15, -0.1) is 22.7 Å². The largest absolute Gasteiger partial charge is 0.398 e. The Hall–Kier alpha value is -7.34. The number of thiophene rings is 2. The zero-order chi connectivity index (χ0) is 45.1. The van der Waals surface area contributed by atoms with Gasteiger partial charge in [-0.25, -0.2) is 26.3 Å². The maximum Gasteiger partial charge on any atom is 0.194 e. The van der Waals surface area contributed by atoms with Crippen molar-refractivity contribution in [3.8, 4) is 33.4 Å². The van der Waals surface area contributed by atoms with E-state index >= 15 is 0 Å². The Morgan fingerprint density at radius 2 is 0.769 bits per heavy atom. The lowest BCUT2D eigenvalue weighted by Crippen LogP contribution is -2.10. The Morgan fingerprint density at radius 1 is 0.385 bits per heavy atom. The van der Waals surface area contributed by atoms with E-state index in [1.807, 2.05) is 110 Å². The molecule has 0 aliphatic carbocycles. The summed E-state index contributed by atoms with van der Waals surface area (Å²) in [4.78, 5) is 3.42. The van der Waals surface area contributed by atoms with Gasteiger partial charge in [-0.2, -0.15) is 0 Å². The molecule has 0 spiro atoms. The molecule has 0 aliphatic heterocycles. The number of nitrogen functional groups attached to an aromatic ring is 1. The lowest BCUT2D eigenvalue weighted by atomic mass is 9.94. The second-order valence-corrected chi connectivity index (χ2v) is 17.7. The molecule has 0 amide bonds. The molecule has 11 heteroatoms. The number of nitrogens with two attached hydrogens (primary N) is 1. The average molecular weight is 904 g/mol. The zero-order valence-electron chi connectivity index (χ0n) is 34.6. The predicted octanol–water partition coefficient (Wildman–Crippen LogP) is 17.1. The van der Waals surface area contributed by atoms with E-state index in [0.29, 0.717) is 17.1 Å². The molecule has 2 N–H and O–H groups in total. The highest BCUT2D eigenvalue weighted by molar-refractivity contribution is 7.14. The van der Waals surface area contributed by atoms with Gasteiger partial charge in [-0.3, -0.25) is 0 Å². The number of fused-ring (bicyclic) bond motifs is 2. The normalized spacial score (nSPS) is 11.4. The van der Waals surface area contributed by atoms with Gasteiger partial charge in [0.15, 0.2) is 34.9 Å². The molecule has 10 rings (SSSR count). The molecule has 0 bridgehead atoms. The van der Waals surface area contributed by atoms with Crippen LogP contribution < -0.4 is 15.5 Å². The van der Waals surface area contributed by atoms with E-state index in [1.54, 1.807) is 9.80 Å². The van der Waals surface area contributed by atoms with Gasteiger partial charge in [0.05, 0.1) is 11.4 Å². The van der Waals surface area contributed by atoms with Gasteiger partial charge in [0.1, 0.15) is 10.0 Å². The first-order valence-corrected chi connectivity index (χ1v) is 22.2. The number of anilines is 7. The van der Waals surface area contributed by atoms with Crippen LogP contribution in [0.5, 0.6) is 0 Å². The van der Waals surface area contributed by atoms with Crippen LogP contribution in [0.2, 0.25) is 0 Å². The van der Waals surface area contributed by atoms with Crippen LogP contribution in [0.25, 0.3) is 54.9 Å². The van der Waals surface area contributed by atoms with Crippen molar-refractivity contribution in [1.82, 2.24) is 0 Å². The van der Waals surface area contributed by atoms with Crippen LogP contribution in [0.4, 0.5) is 64.8 Å². The van der Waals surface area contributed by atoms with Crippen molar-refractivity contribution in [2.45, 2.75) is 13.8 Å². The minimum atomic E-state index is -1.51. The average Bonchev–Trinajstić information content (AvgIpc) is 3.94. The molecule has 0 saturated heterocycles. The van der Waals surface area contributed by atoms with Crippen molar-refractivity contribution in [2.24, 2.45) is 0 Å². The standard InChI is InChI=1S/C54H35F6N3S2/c1-30-19-50(64-28-30)62(42-24-46(55)52(59)47(56)25-42)40-13-7-32(8-14-40)34-3-4-37-23-38(6-5-36(37)21-34)45-18-12-39-22-35(11-17-44(39)54(45)61)33-9-15-41(16-10-33)63(51-20-31(2)29-65-51)43-26-48(57)53(60)49(58)27-43/h3-29H,61H2,1-2H3. The van der Waals surface area contributed by atoms with Crippen LogP contribution in [0.3, 0.4) is 0 Å². The van der Waals surface area contributed by atoms with Crippen LogP contribution in [0, 0.1) is 48.8 Å². The van der Waals surface area contributed by atoms with Crippen LogP contribution >= 0.6 is 22.7 Å². The number of rotatable bonds is 9.